The molecule has 6 heteroatoms. The molecule has 1 aromatic rings. The van der Waals surface area contributed by atoms with Crippen molar-refractivity contribution in [2.24, 2.45) is 0 Å². The number of alkyl halides is 1. The Hall–Kier alpha value is -0.620. The molecule has 0 spiro atoms. The lowest BCUT2D eigenvalue weighted by molar-refractivity contribution is 0.0604. The largest absolute Gasteiger partial charge is 0.381 e. The zero-order valence-corrected chi connectivity index (χ0v) is 13.4. The van der Waals surface area contributed by atoms with E-state index < -0.39 is 10.0 Å². The topological polar surface area (TPSA) is 46.6 Å². The summed E-state index contributed by atoms with van der Waals surface area (Å²) in [5.41, 5.74) is 1.58. The Morgan fingerprint density at radius 1 is 1.35 bits per heavy atom. The van der Waals surface area contributed by atoms with E-state index in [0.717, 1.165) is 24.0 Å². The van der Waals surface area contributed by atoms with Crippen molar-refractivity contribution in [3.63, 3.8) is 0 Å². The van der Waals surface area contributed by atoms with Gasteiger partial charge in [0.2, 0.25) is 10.0 Å². The molecule has 0 aromatic heterocycles. The third-order valence-corrected chi connectivity index (χ3v) is 6.11. The minimum Gasteiger partial charge on any atom is -0.381 e. The van der Waals surface area contributed by atoms with E-state index in [-0.39, 0.29) is 6.10 Å². The maximum atomic E-state index is 12.7. The Labute approximate surface area is 125 Å². The van der Waals surface area contributed by atoms with Gasteiger partial charge in [0, 0.05) is 26.1 Å². The summed E-state index contributed by atoms with van der Waals surface area (Å²) in [5, 5.41) is 0. The second-order valence-corrected chi connectivity index (χ2v) is 7.25. The third kappa shape index (κ3) is 3.17. The Balaban J connectivity index is 2.27. The molecule has 0 radical (unpaired) electrons. The average Bonchev–Trinajstić information content (AvgIpc) is 2.47. The molecule has 0 aliphatic carbocycles. The lowest BCUT2D eigenvalue weighted by Gasteiger charge is -2.30. The van der Waals surface area contributed by atoms with Gasteiger partial charge in [0.25, 0.3) is 0 Å². The molecule has 4 nitrogen and oxygen atoms in total. The fourth-order valence-electron chi connectivity index (χ4n) is 2.45. The molecule has 2 rings (SSSR count). The van der Waals surface area contributed by atoms with Crippen molar-refractivity contribution < 1.29 is 13.2 Å². The summed E-state index contributed by atoms with van der Waals surface area (Å²) in [6.45, 7) is 2.82. The van der Waals surface area contributed by atoms with Crippen LogP contribution in [0.1, 0.15) is 24.0 Å². The van der Waals surface area contributed by atoms with Crippen molar-refractivity contribution in [1.29, 1.82) is 0 Å². The fraction of sp³-hybridized carbons (Fsp3) is 0.571. The van der Waals surface area contributed by atoms with Crippen LogP contribution in [0.4, 0.5) is 0 Å². The number of benzene rings is 1. The van der Waals surface area contributed by atoms with E-state index >= 15 is 0 Å². The van der Waals surface area contributed by atoms with E-state index in [1.54, 1.807) is 17.5 Å². The van der Waals surface area contributed by atoms with Crippen molar-refractivity contribution >= 4 is 21.6 Å². The summed E-state index contributed by atoms with van der Waals surface area (Å²) in [7, 11) is -1.77. The summed E-state index contributed by atoms with van der Waals surface area (Å²) in [6.07, 6.45) is 1.64. The van der Waals surface area contributed by atoms with Crippen molar-refractivity contribution in [2.75, 3.05) is 20.2 Å². The number of piperidine rings is 1. The van der Waals surface area contributed by atoms with Crippen molar-refractivity contribution in [1.82, 2.24) is 4.31 Å². The van der Waals surface area contributed by atoms with Crippen LogP contribution in [0.25, 0.3) is 0 Å². The average molecular weight is 318 g/mol. The summed E-state index contributed by atoms with van der Waals surface area (Å²) in [6, 6.07) is 5.35. The highest BCUT2D eigenvalue weighted by Gasteiger charge is 2.30. The van der Waals surface area contributed by atoms with Gasteiger partial charge in [-0.05, 0) is 37.0 Å². The molecule has 0 amide bonds. The molecular weight excluding hydrogens is 298 g/mol. The van der Waals surface area contributed by atoms with Gasteiger partial charge in [0.15, 0.2) is 0 Å². The number of nitrogens with zero attached hydrogens (tertiary/aromatic N) is 1. The summed E-state index contributed by atoms with van der Waals surface area (Å²) in [5.74, 6) is 0.314. The Morgan fingerprint density at radius 2 is 2.00 bits per heavy atom. The predicted molar refractivity (Wildman–Crippen MR) is 79.5 cm³/mol. The van der Waals surface area contributed by atoms with Crippen molar-refractivity contribution in [3.8, 4) is 0 Å². The zero-order valence-electron chi connectivity index (χ0n) is 11.8. The number of hydrogen-bond acceptors (Lipinski definition) is 3. The van der Waals surface area contributed by atoms with Crippen molar-refractivity contribution in [3.05, 3.63) is 29.3 Å². The predicted octanol–water partition coefficient (Wildman–Crippen LogP) is 2.53. The second-order valence-electron chi connectivity index (χ2n) is 5.07. The highest BCUT2D eigenvalue weighted by molar-refractivity contribution is 7.89. The summed E-state index contributed by atoms with van der Waals surface area (Å²) < 4.78 is 32.3. The maximum Gasteiger partial charge on any atom is 0.243 e. The van der Waals surface area contributed by atoms with Crippen LogP contribution in [0.2, 0.25) is 0 Å². The first kappa shape index (κ1) is 15.8. The lowest BCUT2D eigenvalue weighted by atomic mass is 10.1. The minimum atomic E-state index is -3.44. The zero-order chi connectivity index (χ0) is 14.8. The molecule has 1 aromatic carbocycles. The third-order valence-electron chi connectivity index (χ3n) is 3.76. The SMILES string of the molecule is COC1CCN(S(=O)(=O)c2cc(CCl)ccc2C)CC1. The van der Waals surface area contributed by atoms with Gasteiger partial charge in [-0.3, -0.25) is 0 Å². The number of sulfonamides is 1. The molecule has 0 bridgehead atoms. The molecule has 20 heavy (non-hydrogen) atoms. The van der Waals surface area contributed by atoms with Crippen LogP contribution in [0.5, 0.6) is 0 Å². The summed E-state index contributed by atoms with van der Waals surface area (Å²) in [4.78, 5) is 0.367. The summed E-state index contributed by atoms with van der Waals surface area (Å²) >= 11 is 5.80. The monoisotopic (exact) mass is 317 g/mol. The van der Waals surface area contributed by atoms with Gasteiger partial charge in [-0.2, -0.15) is 4.31 Å². The smallest absolute Gasteiger partial charge is 0.243 e. The van der Waals surface area contributed by atoms with Crippen LogP contribution in [-0.2, 0) is 20.6 Å². The van der Waals surface area contributed by atoms with Gasteiger partial charge < -0.3 is 4.74 Å². The first-order valence-electron chi connectivity index (χ1n) is 6.67. The first-order chi connectivity index (χ1) is 9.48. The van der Waals surface area contributed by atoms with Crippen LogP contribution in [0.15, 0.2) is 23.1 Å². The molecule has 0 saturated carbocycles. The minimum absolute atomic E-state index is 0.164. The number of hydrogen-bond donors (Lipinski definition) is 0. The molecule has 112 valence electrons. The van der Waals surface area contributed by atoms with E-state index in [1.807, 2.05) is 19.1 Å². The van der Waals surface area contributed by atoms with Crippen molar-refractivity contribution in [2.45, 2.75) is 36.6 Å². The number of ether oxygens (including phenoxy) is 1. The van der Waals surface area contributed by atoms with Gasteiger partial charge in [0.1, 0.15) is 0 Å². The lowest BCUT2D eigenvalue weighted by Crippen LogP contribution is -2.40. The molecule has 1 aliphatic heterocycles. The number of aryl methyl sites for hydroxylation is 1. The molecule has 1 fully saturated rings. The molecule has 0 N–H and O–H groups in total. The molecule has 0 atom stereocenters. The van der Waals surface area contributed by atoms with E-state index in [2.05, 4.69) is 0 Å². The number of rotatable bonds is 4. The van der Waals surface area contributed by atoms with Crippen LogP contribution in [-0.4, -0.2) is 39.0 Å². The molecule has 1 saturated heterocycles. The quantitative estimate of drug-likeness (QED) is 0.802. The standard InChI is InChI=1S/C14H20ClNO3S/c1-11-3-4-12(10-15)9-14(11)20(17,18)16-7-5-13(19-2)6-8-16/h3-4,9,13H,5-8,10H2,1-2H3. The normalized spacial score (nSPS) is 18.4. The molecule has 1 heterocycles. The van der Waals surface area contributed by atoms with Gasteiger partial charge >= 0.3 is 0 Å². The first-order valence-corrected chi connectivity index (χ1v) is 8.65. The second kappa shape index (κ2) is 6.43. The molecular formula is C14H20ClNO3S. The van der Waals surface area contributed by atoms with Gasteiger partial charge in [-0.25, -0.2) is 8.42 Å². The maximum absolute atomic E-state index is 12.7. The Kier molecular flexibility index (Phi) is 5.07. The fourth-order valence-corrected chi connectivity index (χ4v) is 4.36. The van der Waals surface area contributed by atoms with E-state index in [4.69, 9.17) is 16.3 Å². The number of halogens is 1. The van der Waals surface area contributed by atoms with Crippen LogP contribution < -0.4 is 0 Å². The molecule has 0 unspecified atom stereocenters. The van der Waals surface area contributed by atoms with Crippen LogP contribution >= 0.6 is 11.6 Å². The Morgan fingerprint density at radius 3 is 2.55 bits per heavy atom. The van der Waals surface area contributed by atoms with E-state index in [0.29, 0.717) is 23.9 Å². The van der Waals surface area contributed by atoms with Crippen LogP contribution in [0, 0.1) is 6.92 Å². The van der Waals surface area contributed by atoms with Gasteiger partial charge in [0.05, 0.1) is 11.0 Å². The van der Waals surface area contributed by atoms with Crippen LogP contribution in [0.3, 0.4) is 0 Å². The van der Waals surface area contributed by atoms with E-state index in [1.165, 1.54) is 0 Å². The number of methoxy groups -OCH3 is 1. The van der Waals surface area contributed by atoms with E-state index in [9.17, 15) is 8.42 Å². The highest BCUT2D eigenvalue weighted by Crippen LogP contribution is 2.25. The van der Waals surface area contributed by atoms with Gasteiger partial charge in [-0.1, -0.05) is 12.1 Å². The van der Waals surface area contributed by atoms with Gasteiger partial charge in [-0.15, -0.1) is 11.6 Å². The molecule has 1 aliphatic rings. The highest BCUT2D eigenvalue weighted by atomic mass is 35.5. The Bertz CT molecular complexity index is 566.